The van der Waals surface area contributed by atoms with E-state index in [2.05, 4.69) is 10.3 Å². The molecule has 1 fully saturated rings. The number of hydrogen-bond donors (Lipinski definition) is 2. The Hall–Kier alpha value is -2.60. The van der Waals surface area contributed by atoms with Gasteiger partial charge in [0.25, 0.3) is 5.91 Å². The topological polar surface area (TPSA) is 80.4 Å². The summed E-state index contributed by atoms with van der Waals surface area (Å²) in [5.74, 6) is -0.466. The highest BCUT2D eigenvalue weighted by Gasteiger charge is 2.19. The third-order valence-electron chi connectivity index (χ3n) is 4.23. The zero-order valence-electron chi connectivity index (χ0n) is 14.4. The van der Waals surface area contributed by atoms with E-state index in [-0.39, 0.29) is 17.9 Å². The fraction of sp³-hybridized carbons (Fsp3) is 0.368. The second kappa shape index (κ2) is 7.53. The molecular weight excluding hydrogens is 320 g/mol. The van der Waals surface area contributed by atoms with E-state index < -0.39 is 0 Å². The van der Waals surface area contributed by atoms with Gasteiger partial charge < -0.3 is 19.8 Å². The number of aromatic amines is 1. The Kier molecular flexibility index (Phi) is 5.19. The first-order valence-electron chi connectivity index (χ1n) is 8.44. The lowest BCUT2D eigenvalue weighted by molar-refractivity contribution is 0.0520. The number of carbonyl (C=O) groups is 2. The standard InChI is InChI=1S/C19H22N2O4/c1-3-25-19(23)17-10-16(12(2)20-17)13-4-6-14(7-5-13)18(22)21-15-8-9-24-11-15/h4-7,10,15,20H,3,8-9,11H2,1-2H3,(H,21,22)/t15-/m0/s1. The van der Waals surface area contributed by atoms with Crippen molar-refractivity contribution in [2.45, 2.75) is 26.3 Å². The highest BCUT2D eigenvalue weighted by Crippen LogP contribution is 2.25. The molecule has 1 aromatic heterocycles. The van der Waals surface area contributed by atoms with E-state index in [4.69, 9.17) is 9.47 Å². The average Bonchev–Trinajstić information content (AvgIpc) is 3.25. The summed E-state index contributed by atoms with van der Waals surface area (Å²) in [4.78, 5) is 27.1. The van der Waals surface area contributed by atoms with E-state index in [1.54, 1.807) is 25.1 Å². The van der Waals surface area contributed by atoms with Crippen LogP contribution in [0.2, 0.25) is 0 Å². The average molecular weight is 342 g/mol. The van der Waals surface area contributed by atoms with Gasteiger partial charge in [-0.2, -0.15) is 0 Å². The molecule has 2 N–H and O–H groups in total. The lowest BCUT2D eigenvalue weighted by Crippen LogP contribution is -2.34. The first kappa shape index (κ1) is 17.2. The molecule has 6 nitrogen and oxygen atoms in total. The second-order valence-electron chi connectivity index (χ2n) is 6.05. The zero-order chi connectivity index (χ0) is 17.8. The fourth-order valence-electron chi connectivity index (χ4n) is 2.89. The van der Waals surface area contributed by atoms with Crippen molar-refractivity contribution in [1.29, 1.82) is 0 Å². The Morgan fingerprint density at radius 1 is 1.32 bits per heavy atom. The summed E-state index contributed by atoms with van der Waals surface area (Å²) in [5, 5.41) is 2.97. The number of rotatable bonds is 5. The first-order valence-corrected chi connectivity index (χ1v) is 8.44. The summed E-state index contributed by atoms with van der Waals surface area (Å²) in [6.45, 7) is 5.28. The van der Waals surface area contributed by atoms with Crippen LogP contribution in [0.1, 0.15) is 39.9 Å². The molecule has 1 aromatic carbocycles. The molecule has 0 unspecified atom stereocenters. The molecule has 0 bridgehead atoms. The van der Waals surface area contributed by atoms with Crippen LogP contribution >= 0.6 is 0 Å². The van der Waals surface area contributed by atoms with Gasteiger partial charge in [-0.1, -0.05) is 12.1 Å². The van der Waals surface area contributed by atoms with Gasteiger partial charge in [-0.25, -0.2) is 4.79 Å². The Bertz CT molecular complexity index is 758. The zero-order valence-corrected chi connectivity index (χ0v) is 14.4. The van der Waals surface area contributed by atoms with Crippen LogP contribution in [0.5, 0.6) is 0 Å². The van der Waals surface area contributed by atoms with Crippen LogP contribution in [-0.2, 0) is 9.47 Å². The molecule has 2 heterocycles. The maximum atomic E-state index is 12.2. The van der Waals surface area contributed by atoms with Crippen LogP contribution in [0.3, 0.4) is 0 Å². The van der Waals surface area contributed by atoms with Crippen LogP contribution < -0.4 is 5.32 Å². The Morgan fingerprint density at radius 2 is 2.08 bits per heavy atom. The minimum Gasteiger partial charge on any atom is -0.461 e. The predicted octanol–water partition coefficient (Wildman–Crippen LogP) is 2.69. The minimum absolute atomic E-state index is 0.0891. The highest BCUT2D eigenvalue weighted by molar-refractivity contribution is 5.95. The van der Waals surface area contributed by atoms with Crippen molar-refractivity contribution in [2.75, 3.05) is 19.8 Å². The van der Waals surface area contributed by atoms with Crippen LogP contribution in [0.4, 0.5) is 0 Å². The molecule has 1 atom stereocenters. The number of aromatic nitrogens is 1. The van der Waals surface area contributed by atoms with Gasteiger partial charge in [0.05, 0.1) is 19.3 Å². The maximum absolute atomic E-state index is 12.2. The lowest BCUT2D eigenvalue weighted by Gasteiger charge is -2.11. The van der Waals surface area contributed by atoms with Gasteiger partial charge in [0.1, 0.15) is 5.69 Å². The van der Waals surface area contributed by atoms with Crippen molar-refractivity contribution in [1.82, 2.24) is 10.3 Å². The van der Waals surface area contributed by atoms with E-state index in [1.165, 1.54) is 0 Å². The molecular formula is C19H22N2O4. The number of nitrogens with one attached hydrogen (secondary N) is 2. The van der Waals surface area contributed by atoms with E-state index in [9.17, 15) is 9.59 Å². The molecule has 0 radical (unpaired) electrons. The van der Waals surface area contributed by atoms with Crippen molar-refractivity contribution < 1.29 is 19.1 Å². The van der Waals surface area contributed by atoms with Crippen LogP contribution in [0, 0.1) is 6.92 Å². The van der Waals surface area contributed by atoms with Crippen molar-refractivity contribution in [3.8, 4) is 11.1 Å². The van der Waals surface area contributed by atoms with Gasteiger partial charge in [0, 0.05) is 23.4 Å². The van der Waals surface area contributed by atoms with Crippen molar-refractivity contribution in [3.63, 3.8) is 0 Å². The van der Waals surface area contributed by atoms with Gasteiger partial charge in [-0.15, -0.1) is 0 Å². The highest BCUT2D eigenvalue weighted by atomic mass is 16.5. The molecule has 132 valence electrons. The molecule has 6 heteroatoms. The van der Waals surface area contributed by atoms with E-state index in [0.717, 1.165) is 23.2 Å². The number of hydrogen-bond acceptors (Lipinski definition) is 4. The lowest BCUT2D eigenvalue weighted by atomic mass is 10.0. The molecule has 25 heavy (non-hydrogen) atoms. The number of esters is 1. The Labute approximate surface area is 146 Å². The smallest absolute Gasteiger partial charge is 0.354 e. The summed E-state index contributed by atoms with van der Waals surface area (Å²) < 4.78 is 10.3. The monoisotopic (exact) mass is 342 g/mol. The van der Waals surface area contributed by atoms with Crippen LogP contribution in [0.25, 0.3) is 11.1 Å². The summed E-state index contributed by atoms with van der Waals surface area (Å²) in [6, 6.07) is 9.20. The van der Waals surface area contributed by atoms with E-state index >= 15 is 0 Å². The second-order valence-corrected chi connectivity index (χ2v) is 6.05. The summed E-state index contributed by atoms with van der Waals surface area (Å²) in [5.41, 5.74) is 3.76. The molecule has 3 rings (SSSR count). The normalized spacial score (nSPS) is 16.6. The summed E-state index contributed by atoms with van der Waals surface area (Å²) >= 11 is 0. The Balaban J connectivity index is 1.73. The van der Waals surface area contributed by atoms with Gasteiger partial charge in [0.2, 0.25) is 0 Å². The molecule has 0 spiro atoms. The summed E-state index contributed by atoms with van der Waals surface area (Å²) in [6.07, 6.45) is 0.850. The number of amides is 1. The molecule has 0 saturated carbocycles. The molecule has 1 amide bonds. The van der Waals surface area contributed by atoms with E-state index in [0.29, 0.717) is 31.1 Å². The molecule has 1 saturated heterocycles. The fourth-order valence-corrected chi connectivity index (χ4v) is 2.89. The van der Waals surface area contributed by atoms with Crippen molar-refractivity contribution >= 4 is 11.9 Å². The van der Waals surface area contributed by atoms with Gasteiger partial charge in [-0.3, -0.25) is 4.79 Å². The summed E-state index contributed by atoms with van der Waals surface area (Å²) in [7, 11) is 0. The third-order valence-corrected chi connectivity index (χ3v) is 4.23. The number of aryl methyl sites for hydroxylation is 1. The third kappa shape index (κ3) is 3.91. The molecule has 2 aromatic rings. The SMILES string of the molecule is CCOC(=O)c1cc(-c2ccc(C(=O)N[C@H]3CCOC3)cc2)c(C)[nH]1. The number of carbonyl (C=O) groups excluding carboxylic acids is 2. The van der Waals surface area contributed by atoms with Crippen molar-refractivity contribution in [2.24, 2.45) is 0 Å². The number of H-pyrrole nitrogens is 1. The Morgan fingerprint density at radius 3 is 2.72 bits per heavy atom. The maximum Gasteiger partial charge on any atom is 0.354 e. The van der Waals surface area contributed by atoms with Crippen molar-refractivity contribution in [3.05, 3.63) is 47.3 Å². The molecule has 1 aliphatic heterocycles. The number of benzene rings is 1. The first-order chi connectivity index (χ1) is 12.1. The van der Waals surface area contributed by atoms with Gasteiger partial charge in [-0.05, 0) is 44.0 Å². The van der Waals surface area contributed by atoms with Crippen LogP contribution in [0.15, 0.2) is 30.3 Å². The van der Waals surface area contributed by atoms with E-state index in [1.807, 2.05) is 19.1 Å². The van der Waals surface area contributed by atoms with Gasteiger partial charge >= 0.3 is 5.97 Å². The number of ether oxygens (including phenoxy) is 2. The predicted molar refractivity (Wildman–Crippen MR) is 93.6 cm³/mol. The molecule has 0 aliphatic carbocycles. The minimum atomic E-state index is -0.369. The molecule has 1 aliphatic rings. The van der Waals surface area contributed by atoms with Crippen LogP contribution in [-0.4, -0.2) is 42.7 Å². The quantitative estimate of drug-likeness (QED) is 0.819. The van der Waals surface area contributed by atoms with Gasteiger partial charge in [0.15, 0.2) is 0 Å². The largest absolute Gasteiger partial charge is 0.461 e.